The van der Waals surface area contributed by atoms with Crippen LogP contribution in [0, 0.1) is 5.82 Å². The predicted molar refractivity (Wildman–Crippen MR) is 85.4 cm³/mol. The third-order valence-corrected chi connectivity index (χ3v) is 4.77. The lowest BCUT2D eigenvalue weighted by Gasteiger charge is -2.29. The number of ether oxygens (including phenoxy) is 1. The number of nitrogens with one attached hydrogen (secondary N) is 1. The van der Waals surface area contributed by atoms with E-state index in [-0.39, 0.29) is 11.9 Å². The average molecular weight is 297 g/mol. The van der Waals surface area contributed by atoms with Crippen LogP contribution in [-0.4, -0.2) is 18.2 Å². The number of hydrogen-bond acceptors (Lipinski definition) is 2. The molecular formula is C19H20FNO. The molecule has 2 aliphatic heterocycles. The molecule has 2 fully saturated rings. The molecule has 1 N–H and O–H groups in total. The molecule has 2 saturated heterocycles. The molecule has 0 amide bonds. The van der Waals surface area contributed by atoms with E-state index >= 15 is 0 Å². The molecule has 2 aromatic rings. The van der Waals surface area contributed by atoms with Gasteiger partial charge in [-0.05, 0) is 37.3 Å². The molecule has 0 aliphatic carbocycles. The van der Waals surface area contributed by atoms with Crippen LogP contribution in [0.4, 0.5) is 4.39 Å². The monoisotopic (exact) mass is 297 g/mol. The second-order valence-electron chi connectivity index (χ2n) is 6.33. The third-order valence-electron chi connectivity index (χ3n) is 4.77. The summed E-state index contributed by atoms with van der Waals surface area (Å²) in [4.78, 5) is 0. The van der Waals surface area contributed by atoms with Gasteiger partial charge >= 0.3 is 0 Å². The van der Waals surface area contributed by atoms with Crippen molar-refractivity contribution in [3.63, 3.8) is 0 Å². The fourth-order valence-corrected chi connectivity index (χ4v) is 3.72. The first kappa shape index (κ1) is 13.8. The third kappa shape index (κ3) is 2.61. The molecule has 2 bridgehead atoms. The second kappa shape index (κ2) is 5.73. The Bertz CT molecular complexity index is 646. The highest BCUT2D eigenvalue weighted by molar-refractivity contribution is 5.65. The highest BCUT2D eigenvalue weighted by Crippen LogP contribution is 2.33. The highest BCUT2D eigenvalue weighted by Gasteiger charge is 2.34. The molecular weight excluding hydrogens is 277 g/mol. The van der Waals surface area contributed by atoms with Crippen molar-refractivity contribution in [3.8, 4) is 16.9 Å². The van der Waals surface area contributed by atoms with Crippen molar-refractivity contribution in [2.24, 2.45) is 0 Å². The van der Waals surface area contributed by atoms with Gasteiger partial charge in [0.1, 0.15) is 6.10 Å². The average Bonchev–Trinajstić information content (AvgIpc) is 2.89. The van der Waals surface area contributed by atoms with E-state index in [1.54, 1.807) is 6.07 Å². The van der Waals surface area contributed by atoms with Crippen molar-refractivity contribution in [1.29, 1.82) is 0 Å². The zero-order valence-corrected chi connectivity index (χ0v) is 12.5. The lowest BCUT2D eigenvalue weighted by molar-refractivity contribution is 0.132. The zero-order valence-electron chi connectivity index (χ0n) is 12.5. The van der Waals surface area contributed by atoms with Gasteiger partial charge < -0.3 is 10.1 Å². The summed E-state index contributed by atoms with van der Waals surface area (Å²) in [6, 6.07) is 16.1. The number of hydrogen-bond donors (Lipinski definition) is 1. The first-order chi connectivity index (χ1) is 10.8. The van der Waals surface area contributed by atoms with Crippen molar-refractivity contribution in [2.75, 3.05) is 0 Å². The van der Waals surface area contributed by atoms with Crippen molar-refractivity contribution in [2.45, 2.75) is 43.9 Å². The fourth-order valence-electron chi connectivity index (χ4n) is 3.72. The predicted octanol–water partition coefficient (Wildman–Crippen LogP) is 4.15. The van der Waals surface area contributed by atoms with Gasteiger partial charge in [-0.1, -0.05) is 42.5 Å². The molecule has 2 aliphatic rings. The van der Waals surface area contributed by atoms with Gasteiger partial charge in [-0.15, -0.1) is 0 Å². The van der Waals surface area contributed by atoms with Crippen molar-refractivity contribution < 1.29 is 9.13 Å². The number of halogens is 1. The van der Waals surface area contributed by atoms with Gasteiger partial charge in [0.15, 0.2) is 11.6 Å². The molecule has 0 saturated carbocycles. The van der Waals surface area contributed by atoms with Gasteiger partial charge in [0.2, 0.25) is 0 Å². The second-order valence-corrected chi connectivity index (χ2v) is 6.33. The van der Waals surface area contributed by atoms with E-state index < -0.39 is 0 Å². The summed E-state index contributed by atoms with van der Waals surface area (Å²) >= 11 is 0. The number of rotatable bonds is 3. The van der Waals surface area contributed by atoms with Gasteiger partial charge in [-0.25, -0.2) is 4.39 Å². The highest BCUT2D eigenvalue weighted by atomic mass is 19.1. The molecule has 4 rings (SSSR count). The lowest BCUT2D eigenvalue weighted by atomic mass is 10.0. The molecule has 0 radical (unpaired) electrons. The smallest absolute Gasteiger partial charge is 0.172 e. The maximum atomic E-state index is 14.8. The zero-order chi connectivity index (χ0) is 14.9. The number of benzene rings is 2. The Balaban J connectivity index is 1.58. The SMILES string of the molecule is Fc1c(OC2C[C@H]3CC[C@@H](C2)N3)cccc1-c1ccccc1. The minimum atomic E-state index is -0.250. The van der Waals surface area contributed by atoms with Crippen LogP contribution >= 0.6 is 0 Å². The molecule has 2 aromatic carbocycles. The maximum absolute atomic E-state index is 14.8. The van der Waals surface area contributed by atoms with E-state index in [1.165, 1.54) is 12.8 Å². The number of fused-ring (bicyclic) bond motifs is 2. The summed E-state index contributed by atoms with van der Waals surface area (Å²) in [5, 5.41) is 3.58. The number of piperidine rings is 1. The van der Waals surface area contributed by atoms with Crippen LogP contribution in [0.1, 0.15) is 25.7 Å². The Morgan fingerprint density at radius 3 is 2.36 bits per heavy atom. The normalized spacial score (nSPS) is 26.9. The summed E-state index contributed by atoms with van der Waals surface area (Å²) in [5.74, 6) is 0.132. The van der Waals surface area contributed by atoms with Crippen LogP contribution < -0.4 is 10.1 Å². The van der Waals surface area contributed by atoms with Crippen LogP contribution in [0.5, 0.6) is 5.75 Å². The Labute approximate surface area is 130 Å². The molecule has 0 aromatic heterocycles. The Morgan fingerprint density at radius 2 is 1.64 bits per heavy atom. The molecule has 0 spiro atoms. The van der Waals surface area contributed by atoms with Crippen LogP contribution in [0.2, 0.25) is 0 Å². The van der Waals surface area contributed by atoms with Crippen molar-refractivity contribution >= 4 is 0 Å². The van der Waals surface area contributed by atoms with Gasteiger partial charge in [-0.2, -0.15) is 0 Å². The molecule has 2 nitrogen and oxygen atoms in total. The standard InChI is InChI=1S/C19H20FNO/c20-19-17(13-5-2-1-3-6-13)7-4-8-18(19)22-16-11-14-9-10-15(12-16)21-14/h1-8,14-16,21H,9-12H2/t14-,15+,16?. The molecule has 1 unspecified atom stereocenters. The summed E-state index contributed by atoms with van der Waals surface area (Å²) in [6.07, 6.45) is 4.52. The van der Waals surface area contributed by atoms with Crippen molar-refractivity contribution in [3.05, 3.63) is 54.3 Å². The van der Waals surface area contributed by atoms with E-state index in [0.29, 0.717) is 23.4 Å². The Hall–Kier alpha value is -1.87. The molecule has 2 heterocycles. The quantitative estimate of drug-likeness (QED) is 0.918. The molecule has 114 valence electrons. The van der Waals surface area contributed by atoms with Gasteiger partial charge in [0.25, 0.3) is 0 Å². The van der Waals surface area contributed by atoms with Crippen LogP contribution in [0.15, 0.2) is 48.5 Å². The summed E-state index contributed by atoms with van der Waals surface area (Å²) < 4.78 is 20.8. The van der Waals surface area contributed by atoms with Gasteiger partial charge in [-0.3, -0.25) is 0 Å². The first-order valence-electron chi connectivity index (χ1n) is 8.06. The minimum Gasteiger partial charge on any atom is -0.487 e. The topological polar surface area (TPSA) is 21.3 Å². The summed E-state index contributed by atoms with van der Waals surface area (Å²) in [5.41, 5.74) is 1.49. The van der Waals surface area contributed by atoms with Gasteiger partial charge in [0, 0.05) is 17.6 Å². The van der Waals surface area contributed by atoms with E-state index in [4.69, 9.17) is 4.74 Å². The fraction of sp³-hybridized carbons (Fsp3) is 0.368. The van der Waals surface area contributed by atoms with Gasteiger partial charge in [0.05, 0.1) is 0 Å². The van der Waals surface area contributed by atoms with Crippen LogP contribution in [0.3, 0.4) is 0 Å². The first-order valence-corrected chi connectivity index (χ1v) is 8.06. The van der Waals surface area contributed by atoms with Crippen molar-refractivity contribution in [1.82, 2.24) is 5.32 Å². The molecule has 3 heteroatoms. The molecule has 3 atom stereocenters. The minimum absolute atomic E-state index is 0.124. The lowest BCUT2D eigenvalue weighted by Crippen LogP contribution is -2.42. The Morgan fingerprint density at radius 1 is 0.909 bits per heavy atom. The van der Waals surface area contributed by atoms with E-state index in [9.17, 15) is 4.39 Å². The van der Waals surface area contributed by atoms with E-state index in [2.05, 4.69) is 5.32 Å². The maximum Gasteiger partial charge on any atom is 0.172 e. The summed E-state index contributed by atoms with van der Waals surface area (Å²) in [6.45, 7) is 0. The Kier molecular flexibility index (Phi) is 3.59. The van der Waals surface area contributed by atoms with E-state index in [0.717, 1.165) is 18.4 Å². The van der Waals surface area contributed by atoms with Crippen LogP contribution in [0.25, 0.3) is 11.1 Å². The largest absolute Gasteiger partial charge is 0.487 e. The van der Waals surface area contributed by atoms with E-state index in [1.807, 2.05) is 42.5 Å². The summed E-state index contributed by atoms with van der Waals surface area (Å²) in [7, 11) is 0. The molecule has 22 heavy (non-hydrogen) atoms. The van der Waals surface area contributed by atoms with Crippen LogP contribution in [-0.2, 0) is 0 Å².